The molecule has 2 heterocycles. The third kappa shape index (κ3) is 2.06. The summed E-state index contributed by atoms with van der Waals surface area (Å²) in [5.74, 6) is 0. The highest BCUT2D eigenvalue weighted by molar-refractivity contribution is 5.30. The molecule has 0 radical (unpaired) electrons. The van der Waals surface area contributed by atoms with E-state index in [0.717, 1.165) is 22.6 Å². The number of pyridine rings is 1. The molecule has 4 heteroatoms. The van der Waals surface area contributed by atoms with Crippen molar-refractivity contribution in [3.8, 4) is 0 Å². The normalized spacial score (nSPS) is 12.4. The molecule has 1 atom stereocenters. The van der Waals surface area contributed by atoms with E-state index >= 15 is 0 Å². The molecule has 82 valence electrons. The zero-order chi connectivity index (χ0) is 11.5. The van der Waals surface area contributed by atoms with Crippen LogP contribution in [0.25, 0.3) is 0 Å². The number of hydrogen-bond acceptors (Lipinski definition) is 4. The van der Waals surface area contributed by atoms with Crippen molar-refractivity contribution < 1.29 is 0 Å². The molecule has 0 fully saturated rings. The summed E-state index contributed by atoms with van der Waals surface area (Å²) in [5.41, 5.74) is 9.81. The fourth-order valence-corrected chi connectivity index (χ4v) is 1.66. The molecule has 0 spiro atoms. The van der Waals surface area contributed by atoms with Crippen LogP contribution in [0.5, 0.6) is 0 Å². The van der Waals surface area contributed by atoms with Crippen molar-refractivity contribution in [2.24, 2.45) is 5.73 Å². The highest BCUT2D eigenvalue weighted by Gasteiger charge is 2.13. The van der Waals surface area contributed by atoms with Gasteiger partial charge in [-0.15, -0.1) is 0 Å². The Morgan fingerprint density at radius 3 is 2.62 bits per heavy atom. The van der Waals surface area contributed by atoms with E-state index < -0.39 is 0 Å². The summed E-state index contributed by atoms with van der Waals surface area (Å²) < 4.78 is 0. The second kappa shape index (κ2) is 4.37. The van der Waals surface area contributed by atoms with Gasteiger partial charge in [0, 0.05) is 23.8 Å². The summed E-state index contributed by atoms with van der Waals surface area (Å²) in [6.45, 7) is 3.92. The molecule has 2 aromatic rings. The summed E-state index contributed by atoms with van der Waals surface area (Å²) in [7, 11) is 0. The summed E-state index contributed by atoms with van der Waals surface area (Å²) in [6, 6.07) is 3.69. The third-order valence-corrected chi connectivity index (χ3v) is 2.50. The summed E-state index contributed by atoms with van der Waals surface area (Å²) in [5, 5.41) is 0. The second-order valence-corrected chi connectivity index (χ2v) is 3.74. The minimum absolute atomic E-state index is 0.262. The largest absolute Gasteiger partial charge is 0.319 e. The Bertz CT molecular complexity index is 482. The standard InChI is InChI=1S/C12H14N4/c1-8-3-4-10(9(2)16-8)12(13)11-7-14-5-6-15-11/h3-7,12H,13H2,1-2H3. The number of nitrogens with two attached hydrogens (primary N) is 1. The van der Waals surface area contributed by atoms with Gasteiger partial charge in [0.15, 0.2) is 0 Å². The van der Waals surface area contributed by atoms with E-state index in [0.29, 0.717) is 0 Å². The highest BCUT2D eigenvalue weighted by atomic mass is 14.8. The molecule has 0 bridgehead atoms. The first kappa shape index (κ1) is 10.7. The van der Waals surface area contributed by atoms with Gasteiger partial charge in [0.25, 0.3) is 0 Å². The van der Waals surface area contributed by atoms with Crippen molar-refractivity contribution in [1.29, 1.82) is 0 Å². The average Bonchev–Trinajstić information content (AvgIpc) is 2.29. The number of rotatable bonds is 2. The molecule has 0 amide bonds. The molecule has 0 aromatic carbocycles. The topological polar surface area (TPSA) is 64.7 Å². The van der Waals surface area contributed by atoms with Crippen LogP contribution in [-0.2, 0) is 0 Å². The van der Waals surface area contributed by atoms with E-state index in [1.807, 2.05) is 26.0 Å². The van der Waals surface area contributed by atoms with E-state index in [1.165, 1.54) is 0 Å². The molecule has 0 saturated carbocycles. The molecule has 0 saturated heterocycles. The third-order valence-electron chi connectivity index (χ3n) is 2.50. The Morgan fingerprint density at radius 1 is 1.19 bits per heavy atom. The minimum Gasteiger partial charge on any atom is -0.319 e. The Morgan fingerprint density at radius 2 is 2.00 bits per heavy atom. The number of nitrogens with zero attached hydrogens (tertiary/aromatic N) is 3. The van der Waals surface area contributed by atoms with Crippen molar-refractivity contribution in [2.75, 3.05) is 0 Å². The SMILES string of the molecule is Cc1ccc(C(N)c2cnccn2)c(C)n1. The molecular formula is C12H14N4. The second-order valence-electron chi connectivity index (χ2n) is 3.74. The molecule has 2 aromatic heterocycles. The fraction of sp³-hybridized carbons (Fsp3) is 0.250. The van der Waals surface area contributed by atoms with Crippen LogP contribution in [0.3, 0.4) is 0 Å². The molecule has 4 nitrogen and oxygen atoms in total. The summed E-state index contributed by atoms with van der Waals surface area (Å²) in [6.07, 6.45) is 4.96. The zero-order valence-electron chi connectivity index (χ0n) is 9.38. The van der Waals surface area contributed by atoms with Gasteiger partial charge >= 0.3 is 0 Å². The zero-order valence-corrected chi connectivity index (χ0v) is 9.38. The van der Waals surface area contributed by atoms with Crippen LogP contribution in [0.4, 0.5) is 0 Å². The van der Waals surface area contributed by atoms with Gasteiger partial charge in [0.05, 0.1) is 17.9 Å². The number of aryl methyl sites for hydroxylation is 2. The average molecular weight is 214 g/mol. The summed E-state index contributed by atoms with van der Waals surface area (Å²) in [4.78, 5) is 12.6. The first-order chi connectivity index (χ1) is 7.68. The quantitative estimate of drug-likeness (QED) is 0.823. The first-order valence-corrected chi connectivity index (χ1v) is 5.14. The maximum Gasteiger partial charge on any atom is 0.0799 e. The van der Waals surface area contributed by atoms with Crippen LogP contribution < -0.4 is 5.73 Å². The Labute approximate surface area is 94.6 Å². The molecule has 0 aliphatic rings. The maximum atomic E-state index is 6.12. The monoisotopic (exact) mass is 214 g/mol. The van der Waals surface area contributed by atoms with Gasteiger partial charge in [-0.3, -0.25) is 15.0 Å². The van der Waals surface area contributed by atoms with Gasteiger partial charge in [0.2, 0.25) is 0 Å². The van der Waals surface area contributed by atoms with Gasteiger partial charge in [-0.2, -0.15) is 0 Å². The lowest BCUT2D eigenvalue weighted by molar-refractivity contribution is 0.799. The van der Waals surface area contributed by atoms with Crippen LogP contribution >= 0.6 is 0 Å². The molecule has 16 heavy (non-hydrogen) atoms. The van der Waals surface area contributed by atoms with Crippen molar-refractivity contribution in [2.45, 2.75) is 19.9 Å². The van der Waals surface area contributed by atoms with E-state index in [1.54, 1.807) is 18.6 Å². The molecule has 2 rings (SSSR count). The van der Waals surface area contributed by atoms with Crippen molar-refractivity contribution >= 4 is 0 Å². The smallest absolute Gasteiger partial charge is 0.0799 e. The Balaban J connectivity index is 2.38. The van der Waals surface area contributed by atoms with Crippen molar-refractivity contribution in [1.82, 2.24) is 15.0 Å². The lowest BCUT2D eigenvalue weighted by atomic mass is 10.0. The predicted octanol–water partition coefficient (Wildman–Crippen LogP) is 1.54. The van der Waals surface area contributed by atoms with Gasteiger partial charge < -0.3 is 5.73 Å². The number of aromatic nitrogens is 3. The van der Waals surface area contributed by atoms with Crippen molar-refractivity contribution in [3.63, 3.8) is 0 Å². The van der Waals surface area contributed by atoms with Crippen molar-refractivity contribution in [3.05, 3.63) is 53.4 Å². The molecular weight excluding hydrogens is 200 g/mol. The van der Waals surface area contributed by atoms with Gasteiger partial charge in [-0.05, 0) is 25.5 Å². The number of hydrogen-bond donors (Lipinski definition) is 1. The first-order valence-electron chi connectivity index (χ1n) is 5.14. The van der Waals surface area contributed by atoms with E-state index in [9.17, 15) is 0 Å². The fourth-order valence-electron chi connectivity index (χ4n) is 1.66. The van der Waals surface area contributed by atoms with Crippen LogP contribution in [0, 0.1) is 13.8 Å². The van der Waals surface area contributed by atoms with Gasteiger partial charge in [0.1, 0.15) is 0 Å². The predicted molar refractivity (Wildman–Crippen MR) is 61.8 cm³/mol. The maximum absolute atomic E-state index is 6.12. The lowest BCUT2D eigenvalue weighted by Crippen LogP contribution is -2.15. The summed E-state index contributed by atoms with van der Waals surface area (Å²) >= 11 is 0. The van der Waals surface area contributed by atoms with E-state index in [2.05, 4.69) is 15.0 Å². The minimum atomic E-state index is -0.262. The highest BCUT2D eigenvalue weighted by Crippen LogP contribution is 2.19. The van der Waals surface area contributed by atoms with Gasteiger partial charge in [-0.1, -0.05) is 6.07 Å². The molecule has 2 N–H and O–H groups in total. The molecule has 0 aliphatic heterocycles. The lowest BCUT2D eigenvalue weighted by Gasteiger charge is -2.13. The Hall–Kier alpha value is -1.81. The van der Waals surface area contributed by atoms with Crippen LogP contribution in [0.1, 0.15) is 28.7 Å². The van der Waals surface area contributed by atoms with Gasteiger partial charge in [-0.25, -0.2) is 0 Å². The van der Waals surface area contributed by atoms with E-state index in [-0.39, 0.29) is 6.04 Å². The Kier molecular flexibility index (Phi) is 2.92. The molecule has 1 unspecified atom stereocenters. The van der Waals surface area contributed by atoms with E-state index in [4.69, 9.17) is 5.73 Å². The molecule has 0 aliphatic carbocycles. The van der Waals surface area contributed by atoms with Crippen LogP contribution in [-0.4, -0.2) is 15.0 Å². The van der Waals surface area contributed by atoms with Crippen LogP contribution in [0.2, 0.25) is 0 Å². The van der Waals surface area contributed by atoms with Crippen LogP contribution in [0.15, 0.2) is 30.7 Å².